The molecule has 0 radical (unpaired) electrons. The minimum atomic E-state index is -0.160. The second-order valence-corrected chi connectivity index (χ2v) is 5.08. The average molecular weight is 294 g/mol. The van der Waals surface area contributed by atoms with Gasteiger partial charge in [-0.05, 0) is 37.0 Å². The molecule has 5 nitrogen and oxygen atoms in total. The number of ether oxygens (including phenoxy) is 1. The van der Waals surface area contributed by atoms with Crippen molar-refractivity contribution < 1.29 is 14.6 Å². The molecule has 1 unspecified atom stereocenters. The first kappa shape index (κ1) is 17.3. The van der Waals surface area contributed by atoms with Gasteiger partial charge in [-0.25, -0.2) is 0 Å². The minimum Gasteiger partial charge on any atom is -0.491 e. The van der Waals surface area contributed by atoms with Crippen LogP contribution in [0, 0.1) is 0 Å². The van der Waals surface area contributed by atoms with Gasteiger partial charge < -0.3 is 20.9 Å². The van der Waals surface area contributed by atoms with Gasteiger partial charge in [0.2, 0.25) is 5.91 Å². The maximum Gasteiger partial charge on any atom is 0.220 e. The third-order valence-corrected chi connectivity index (χ3v) is 3.25. The normalized spacial score (nSPS) is 12.0. The summed E-state index contributed by atoms with van der Waals surface area (Å²) in [5.41, 5.74) is 7.54. The Balaban J connectivity index is 2.48. The molecule has 4 N–H and O–H groups in total. The highest BCUT2D eigenvalue weighted by Crippen LogP contribution is 2.23. The molecule has 0 fully saturated rings. The van der Waals surface area contributed by atoms with Crippen LogP contribution in [0.5, 0.6) is 5.75 Å². The Kier molecular flexibility index (Phi) is 7.61. The van der Waals surface area contributed by atoms with Crippen LogP contribution in [-0.4, -0.2) is 30.3 Å². The summed E-state index contributed by atoms with van der Waals surface area (Å²) in [6.07, 6.45) is 2.65. The monoisotopic (exact) mass is 294 g/mol. The number of rotatable bonds is 9. The third-order valence-electron chi connectivity index (χ3n) is 3.25. The van der Waals surface area contributed by atoms with Gasteiger partial charge in [-0.2, -0.15) is 0 Å². The molecule has 1 atom stereocenters. The second-order valence-electron chi connectivity index (χ2n) is 5.08. The highest BCUT2D eigenvalue weighted by molar-refractivity contribution is 5.76. The van der Waals surface area contributed by atoms with Gasteiger partial charge in [-0.15, -0.1) is 0 Å². The number of hydrogen-bond acceptors (Lipinski definition) is 4. The molecule has 118 valence electrons. The van der Waals surface area contributed by atoms with E-state index in [2.05, 4.69) is 5.32 Å². The molecule has 0 aliphatic rings. The fourth-order valence-electron chi connectivity index (χ4n) is 1.93. The Bertz CT molecular complexity index is 445. The topological polar surface area (TPSA) is 84.6 Å². The van der Waals surface area contributed by atoms with Gasteiger partial charge in [-0.1, -0.05) is 19.9 Å². The van der Waals surface area contributed by atoms with Crippen LogP contribution < -0.4 is 15.8 Å². The molecule has 0 bridgehead atoms. The minimum absolute atomic E-state index is 0.0291. The predicted octanol–water partition coefficient (Wildman–Crippen LogP) is 1.88. The lowest BCUT2D eigenvalue weighted by atomic mass is 10.1. The number of aliphatic hydroxyl groups excluding tert-OH is 1. The summed E-state index contributed by atoms with van der Waals surface area (Å²) in [5.74, 6) is 0.636. The van der Waals surface area contributed by atoms with E-state index in [1.807, 2.05) is 32.0 Å². The molecule has 0 aromatic heterocycles. The summed E-state index contributed by atoms with van der Waals surface area (Å²) < 4.78 is 5.52. The van der Waals surface area contributed by atoms with Gasteiger partial charge in [0.05, 0.1) is 24.9 Å². The maximum absolute atomic E-state index is 11.8. The number of aliphatic hydroxyl groups is 1. The summed E-state index contributed by atoms with van der Waals surface area (Å²) in [6, 6.07) is 5.47. The average Bonchev–Trinajstić information content (AvgIpc) is 2.49. The number of carbonyl (C=O) groups excluding carboxylic acids is 1. The molecule has 0 spiro atoms. The summed E-state index contributed by atoms with van der Waals surface area (Å²) >= 11 is 0. The van der Waals surface area contributed by atoms with Gasteiger partial charge >= 0.3 is 0 Å². The highest BCUT2D eigenvalue weighted by Gasteiger charge is 2.09. The smallest absolute Gasteiger partial charge is 0.220 e. The molecule has 1 aromatic carbocycles. The molecule has 21 heavy (non-hydrogen) atoms. The molecule has 1 amide bonds. The number of aryl methyl sites for hydroxylation is 1. The van der Waals surface area contributed by atoms with Crippen molar-refractivity contribution in [1.82, 2.24) is 5.32 Å². The Labute approximate surface area is 126 Å². The van der Waals surface area contributed by atoms with Crippen LogP contribution in [0.25, 0.3) is 0 Å². The van der Waals surface area contributed by atoms with E-state index in [-0.39, 0.29) is 18.6 Å². The first-order valence-electron chi connectivity index (χ1n) is 7.52. The number of nitrogen functional groups attached to an aromatic ring is 1. The van der Waals surface area contributed by atoms with Crippen molar-refractivity contribution in [2.45, 2.75) is 45.6 Å². The van der Waals surface area contributed by atoms with Crippen molar-refractivity contribution in [1.29, 1.82) is 0 Å². The number of hydrogen-bond donors (Lipinski definition) is 3. The molecule has 0 saturated carbocycles. The van der Waals surface area contributed by atoms with E-state index in [0.29, 0.717) is 30.9 Å². The molecule has 1 aromatic rings. The van der Waals surface area contributed by atoms with Crippen LogP contribution in [-0.2, 0) is 11.2 Å². The van der Waals surface area contributed by atoms with Crippen LogP contribution in [0.15, 0.2) is 18.2 Å². The van der Waals surface area contributed by atoms with Crippen molar-refractivity contribution in [3.63, 3.8) is 0 Å². The largest absolute Gasteiger partial charge is 0.491 e. The van der Waals surface area contributed by atoms with Crippen molar-refractivity contribution in [3.05, 3.63) is 23.8 Å². The summed E-state index contributed by atoms with van der Waals surface area (Å²) in [6.45, 7) is 4.58. The molecular weight excluding hydrogens is 268 g/mol. The lowest BCUT2D eigenvalue weighted by Crippen LogP contribution is -2.37. The van der Waals surface area contributed by atoms with Gasteiger partial charge in [0.1, 0.15) is 5.75 Å². The Morgan fingerprint density at radius 2 is 2.19 bits per heavy atom. The summed E-state index contributed by atoms with van der Waals surface area (Å²) in [7, 11) is 0. The quantitative estimate of drug-likeness (QED) is 0.607. The Morgan fingerprint density at radius 1 is 1.43 bits per heavy atom. The van der Waals surface area contributed by atoms with Gasteiger partial charge in [0.15, 0.2) is 0 Å². The van der Waals surface area contributed by atoms with Crippen LogP contribution in [0.3, 0.4) is 0 Å². The predicted molar refractivity (Wildman–Crippen MR) is 84.3 cm³/mol. The number of amides is 1. The number of carbonyl (C=O) groups is 1. The maximum atomic E-state index is 11.8. The molecule has 0 aliphatic heterocycles. The fraction of sp³-hybridized carbons (Fsp3) is 0.562. The van der Waals surface area contributed by atoms with E-state index in [1.165, 1.54) is 0 Å². The van der Waals surface area contributed by atoms with E-state index in [4.69, 9.17) is 15.6 Å². The van der Waals surface area contributed by atoms with E-state index in [1.54, 1.807) is 0 Å². The fourth-order valence-corrected chi connectivity index (χ4v) is 1.93. The van der Waals surface area contributed by atoms with Crippen molar-refractivity contribution in [3.8, 4) is 5.75 Å². The zero-order chi connectivity index (χ0) is 15.7. The zero-order valence-corrected chi connectivity index (χ0v) is 12.9. The lowest BCUT2D eigenvalue weighted by molar-refractivity contribution is -0.122. The Morgan fingerprint density at radius 3 is 2.76 bits per heavy atom. The van der Waals surface area contributed by atoms with E-state index < -0.39 is 0 Å². The molecular formula is C16H26N2O3. The lowest BCUT2D eigenvalue weighted by Gasteiger charge is -2.14. The van der Waals surface area contributed by atoms with Crippen molar-refractivity contribution >= 4 is 11.6 Å². The SMILES string of the molecule is CCCOc1ccc(CCC(=O)NC(CC)CO)cc1N. The second kappa shape index (κ2) is 9.23. The van der Waals surface area contributed by atoms with Crippen molar-refractivity contribution in [2.75, 3.05) is 18.9 Å². The van der Waals surface area contributed by atoms with E-state index >= 15 is 0 Å². The standard InChI is InChI=1S/C16H26N2O3/c1-3-9-21-15-7-5-12(10-14(15)17)6-8-16(20)18-13(4-2)11-19/h5,7,10,13,19H,3-4,6,8-9,11,17H2,1-2H3,(H,18,20). The summed E-state index contributed by atoms with van der Waals surface area (Å²) in [5, 5.41) is 11.8. The number of anilines is 1. The number of benzene rings is 1. The summed E-state index contributed by atoms with van der Waals surface area (Å²) in [4.78, 5) is 11.8. The molecule has 0 aliphatic carbocycles. The van der Waals surface area contributed by atoms with Gasteiger partial charge in [0, 0.05) is 6.42 Å². The van der Waals surface area contributed by atoms with Crippen LogP contribution >= 0.6 is 0 Å². The zero-order valence-electron chi connectivity index (χ0n) is 12.9. The van der Waals surface area contributed by atoms with E-state index in [0.717, 1.165) is 18.4 Å². The first-order valence-corrected chi connectivity index (χ1v) is 7.52. The van der Waals surface area contributed by atoms with Crippen LogP contribution in [0.1, 0.15) is 38.7 Å². The van der Waals surface area contributed by atoms with Crippen molar-refractivity contribution in [2.24, 2.45) is 0 Å². The number of nitrogens with one attached hydrogen (secondary N) is 1. The van der Waals surface area contributed by atoms with E-state index in [9.17, 15) is 4.79 Å². The molecule has 0 heterocycles. The third kappa shape index (κ3) is 6.04. The molecule has 0 saturated heterocycles. The van der Waals surface area contributed by atoms with Crippen LogP contribution in [0.2, 0.25) is 0 Å². The molecule has 5 heteroatoms. The highest BCUT2D eigenvalue weighted by atomic mass is 16.5. The van der Waals surface area contributed by atoms with Crippen LogP contribution in [0.4, 0.5) is 5.69 Å². The molecule has 1 rings (SSSR count). The van der Waals surface area contributed by atoms with Gasteiger partial charge in [-0.3, -0.25) is 4.79 Å². The number of nitrogens with two attached hydrogens (primary N) is 1. The Hall–Kier alpha value is -1.75. The van der Waals surface area contributed by atoms with Gasteiger partial charge in [0.25, 0.3) is 0 Å². The first-order chi connectivity index (χ1) is 10.1.